The molecule has 1 amide bonds. The quantitative estimate of drug-likeness (QED) is 0.826. The summed E-state index contributed by atoms with van der Waals surface area (Å²) in [6, 6.07) is 1.92. The Morgan fingerprint density at radius 2 is 2.29 bits per heavy atom. The summed E-state index contributed by atoms with van der Waals surface area (Å²) in [4.78, 5) is 18.2. The summed E-state index contributed by atoms with van der Waals surface area (Å²) in [5.41, 5.74) is 1.81. The van der Waals surface area contributed by atoms with E-state index in [1.54, 1.807) is 16.6 Å². The molecule has 0 unspecified atom stereocenters. The van der Waals surface area contributed by atoms with Crippen molar-refractivity contribution in [3.05, 3.63) is 29.2 Å². The highest BCUT2D eigenvalue weighted by Crippen LogP contribution is 2.38. The first kappa shape index (κ1) is 13.8. The Balaban J connectivity index is 1.59. The van der Waals surface area contributed by atoms with E-state index in [1.165, 1.54) is 0 Å². The smallest absolute Gasteiger partial charge is 0.229 e. The van der Waals surface area contributed by atoms with Crippen molar-refractivity contribution in [1.82, 2.24) is 24.8 Å². The first-order chi connectivity index (χ1) is 10.0. The van der Waals surface area contributed by atoms with E-state index in [-0.39, 0.29) is 5.91 Å². The molecule has 1 aliphatic carbocycles. The van der Waals surface area contributed by atoms with Crippen LogP contribution in [0.3, 0.4) is 0 Å². The number of likely N-dealkylation sites (N-methyl/N-ethyl adjacent to an activating group) is 1. The topological polar surface area (TPSA) is 77.0 Å². The van der Waals surface area contributed by atoms with Gasteiger partial charge in [0.2, 0.25) is 11.8 Å². The first-order valence-corrected chi connectivity index (χ1v) is 7.09. The SMILES string of the molecule is Cc1cc(CC(=O)N(C)Cc2noc(C3CC3)n2)n(C)n1. The first-order valence-electron chi connectivity index (χ1n) is 7.09. The highest BCUT2D eigenvalue weighted by molar-refractivity contribution is 5.78. The summed E-state index contributed by atoms with van der Waals surface area (Å²) in [6.07, 6.45) is 2.56. The second-order valence-electron chi connectivity index (χ2n) is 5.65. The van der Waals surface area contributed by atoms with Gasteiger partial charge >= 0.3 is 0 Å². The predicted octanol–water partition coefficient (Wildman–Crippen LogP) is 1.19. The fraction of sp³-hybridized carbons (Fsp3) is 0.571. The van der Waals surface area contributed by atoms with Gasteiger partial charge in [-0.05, 0) is 25.8 Å². The van der Waals surface area contributed by atoms with Crippen molar-refractivity contribution < 1.29 is 9.32 Å². The van der Waals surface area contributed by atoms with Crippen LogP contribution in [-0.4, -0.2) is 37.8 Å². The average Bonchev–Trinajstić information content (AvgIpc) is 3.10. The van der Waals surface area contributed by atoms with Gasteiger partial charge in [0.1, 0.15) is 0 Å². The van der Waals surface area contributed by atoms with E-state index in [2.05, 4.69) is 15.2 Å². The summed E-state index contributed by atoms with van der Waals surface area (Å²) < 4.78 is 6.93. The molecule has 2 heterocycles. The summed E-state index contributed by atoms with van der Waals surface area (Å²) in [5.74, 6) is 1.71. The van der Waals surface area contributed by atoms with E-state index >= 15 is 0 Å². The zero-order valence-corrected chi connectivity index (χ0v) is 12.5. The molecule has 2 aromatic heterocycles. The summed E-state index contributed by atoms with van der Waals surface area (Å²) in [6.45, 7) is 2.28. The molecule has 1 aliphatic rings. The van der Waals surface area contributed by atoms with Crippen LogP contribution < -0.4 is 0 Å². The van der Waals surface area contributed by atoms with Gasteiger partial charge < -0.3 is 9.42 Å². The number of hydrogen-bond acceptors (Lipinski definition) is 5. The number of nitrogens with zero attached hydrogens (tertiary/aromatic N) is 5. The molecule has 2 aromatic rings. The standard InChI is InChI=1S/C14H19N5O2/c1-9-6-11(19(3)16-9)7-13(20)18(2)8-12-15-14(21-17-12)10-4-5-10/h6,10H,4-5,7-8H2,1-3H3. The number of aromatic nitrogens is 4. The number of hydrogen-bond donors (Lipinski definition) is 0. The summed E-state index contributed by atoms with van der Waals surface area (Å²) in [5, 5.41) is 8.17. The lowest BCUT2D eigenvalue weighted by atomic mass is 10.2. The lowest BCUT2D eigenvalue weighted by Crippen LogP contribution is -2.28. The van der Waals surface area contributed by atoms with Crippen molar-refractivity contribution in [2.45, 2.75) is 38.6 Å². The molecule has 0 bridgehead atoms. The lowest BCUT2D eigenvalue weighted by Gasteiger charge is -2.14. The molecule has 0 radical (unpaired) electrons. The van der Waals surface area contributed by atoms with Crippen molar-refractivity contribution in [1.29, 1.82) is 0 Å². The van der Waals surface area contributed by atoms with Crippen LogP contribution in [0.2, 0.25) is 0 Å². The van der Waals surface area contributed by atoms with Gasteiger partial charge in [-0.15, -0.1) is 0 Å². The van der Waals surface area contributed by atoms with Crippen LogP contribution in [0, 0.1) is 6.92 Å². The van der Waals surface area contributed by atoms with Crippen molar-refractivity contribution >= 4 is 5.91 Å². The molecular formula is C14H19N5O2. The van der Waals surface area contributed by atoms with Gasteiger partial charge in [0, 0.05) is 25.7 Å². The highest BCUT2D eigenvalue weighted by atomic mass is 16.5. The van der Waals surface area contributed by atoms with Crippen LogP contribution in [0.4, 0.5) is 0 Å². The summed E-state index contributed by atoms with van der Waals surface area (Å²) in [7, 11) is 3.59. The maximum Gasteiger partial charge on any atom is 0.229 e. The molecule has 0 saturated heterocycles. The molecule has 1 fully saturated rings. The van der Waals surface area contributed by atoms with Crippen LogP contribution in [0.15, 0.2) is 10.6 Å². The minimum atomic E-state index is 0.00997. The van der Waals surface area contributed by atoms with Gasteiger partial charge in [0.05, 0.1) is 18.7 Å². The van der Waals surface area contributed by atoms with Crippen molar-refractivity contribution in [2.75, 3.05) is 7.05 Å². The fourth-order valence-corrected chi connectivity index (χ4v) is 2.25. The molecule has 3 rings (SSSR count). The van der Waals surface area contributed by atoms with E-state index in [0.29, 0.717) is 30.6 Å². The largest absolute Gasteiger partial charge is 0.339 e. The number of carbonyl (C=O) groups is 1. The maximum atomic E-state index is 12.2. The molecule has 1 saturated carbocycles. The Kier molecular flexibility index (Phi) is 3.48. The minimum Gasteiger partial charge on any atom is -0.339 e. The van der Waals surface area contributed by atoms with E-state index in [4.69, 9.17) is 4.52 Å². The Morgan fingerprint density at radius 1 is 1.52 bits per heavy atom. The zero-order chi connectivity index (χ0) is 15.0. The second-order valence-corrected chi connectivity index (χ2v) is 5.65. The molecule has 7 heteroatoms. The monoisotopic (exact) mass is 289 g/mol. The Morgan fingerprint density at radius 3 is 2.90 bits per heavy atom. The van der Waals surface area contributed by atoms with Gasteiger partial charge in [-0.25, -0.2) is 0 Å². The summed E-state index contributed by atoms with van der Waals surface area (Å²) >= 11 is 0. The van der Waals surface area contributed by atoms with Crippen molar-refractivity contribution in [2.24, 2.45) is 7.05 Å². The average molecular weight is 289 g/mol. The molecule has 0 aliphatic heterocycles. The number of aryl methyl sites for hydroxylation is 2. The van der Waals surface area contributed by atoms with Gasteiger partial charge in [0.25, 0.3) is 0 Å². The molecular weight excluding hydrogens is 270 g/mol. The van der Waals surface area contributed by atoms with E-state index in [1.807, 2.05) is 20.0 Å². The molecule has 21 heavy (non-hydrogen) atoms. The fourth-order valence-electron chi connectivity index (χ4n) is 2.25. The van der Waals surface area contributed by atoms with E-state index in [0.717, 1.165) is 24.2 Å². The molecule has 7 nitrogen and oxygen atoms in total. The second kappa shape index (κ2) is 5.31. The zero-order valence-electron chi connectivity index (χ0n) is 12.5. The third kappa shape index (κ3) is 3.12. The van der Waals surface area contributed by atoms with Gasteiger partial charge in [-0.1, -0.05) is 5.16 Å². The molecule has 0 atom stereocenters. The van der Waals surface area contributed by atoms with Crippen molar-refractivity contribution in [3.63, 3.8) is 0 Å². The van der Waals surface area contributed by atoms with Crippen LogP contribution in [0.1, 0.15) is 41.9 Å². The van der Waals surface area contributed by atoms with E-state index < -0.39 is 0 Å². The minimum absolute atomic E-state index is 0.00997. The van der Waals surface area contributed by atoms with Gasteiger partial charge in [-0.3, -0.25) is 9.48 Å². The van der Waals surface area contributed by atoms with E-state index in [9.17, 15) is 4.79 Å². The van der Waals surface area contributed by atoms with Gasteiger partial charge in [0.15, 0.2) is 5.82 Å². The number of carbonyl (C=O) groups excluding carboxylic acids is 1. The van der Waals surface area contributed by atoms with Crippen LogP contribution in [0.5, 0.6) is 0 Å². The van der Waals surface area contributed by atoms with Crippen LogP contribution >= 0.6 is 0 Å². The number of amides is 1. The predicted molar refractivity (Wildman–Crippen MR) is 74.4 cm³/mol. The molecule has 0 aromatic carbocycles. The normalized spacial score (nSPS) is 14.4. The molecule has 0 spiro atoms. The third-order valence-electron chi connectivity index (χ3n) is 3.65. The molecule has 0 N–H and O–H groups in total. The lowest BCUT2D eigenvalue weighted by molar-refractivity contribution is -0.129. The van der Waals surface area contributed by atoms with Crippen molar-refractivity contribution in [3.8, 4) is 0 Å². The molecule has 112 valence electrons. The third-order valence-corrected chi connectivity index (χ3v) is 3.65. The van der Waals surface area contributed by atoms with Gasteiger partial charge in [-0.2, -0.15) is 10.1 Å². The van der Waals surface area contributed by atoms with Crippen LogP contribution in [-0.2, 0) is 24.8 Å². The highest BCUT2D eigenvalue weighted by Gasteiger charge is 2.29. The maximum absolute atomic E-state index is 12.2. The van der Waals surface area contributed by atoms with Crippen LogP contribution in [0.25, 0.3) is 0 Å². The number of rotatable bonds is 5. The Bertz CT molecular complexity index is 656. The Labute approximate surface area is 122 Å². The Hall–Kier alpha value is -2.18.